The van der Waals surface area contributed by atoms with Gasteiger partial charge in [0.2, 0.25) is 21.8 Å². The lowest BCUT2D eigenvalue weighted by atomic mass is 9.87. The molecule has 2 heterocycles. The number of amides is 3. The third-order valence-electron chi connectivity index (χ3n) is 8.85. The molecule has 294 valence electrons. The van der Waals surface area contributed by atoms with Gasteiger partial charge in [0.15, 0.2) is 0 Å². The predicted molar refractivity (Wildman–Crippen MR) is 194 cm³/mol. The molecule has 0 radical (unpaired) electrons. The lowest BCUT2D eigenvalue weighted by Crippen LogP contribution is -2.56. The molecule has 2 aliphatic rings. The minimum absolute atomic E-state index is 0.000422. The first-order chi connectivity index (χ1) is 26.2. The maximum atomic E-state index is 15.6. The molecule has 55 heavy (non-hydrogen) atoms. The molecule has 1 saturated carbocycles. The number of pyridine rings is 1. The van der Waals surface area contributed by atoms with Gasteiger partial charge in [0.1, 0.15) is 23.7 Å². The molecule has 19 heteroatoms. The van der Waals surface area contributed by atoms with Gasteiger partial charge in [-0.2, -0.15) is 5.26 Å². The van der Waals surface area contributed by atoms with Crippen LogP contribution < -0.4 is 25.2 Å². The van der Waals surface area contributed by atoms with Crippen molar-refractivity contribution < 1.29 is 45.4 Å². The van der Waals surface area contributed by atoms with Crippen LogP contribution in [-0.4, -0.2) is 95.7 Å². The van der Waals surface area contributed by atoms with E-state index in [2.05, 4.69) is 20.3 Å². The number of aromatic nitrogens is 1. The maximum absolute atomic E-state index is 15.6. The Morgan fingerprint density at radius 2 is 1.80 bits per heavy atom. The number of hydrogen-bond acceptors (Lipinski definition) is 10. The smallest absolute Gasteiger partial charge is 0.252 e. The molecular weight excluding hydrogens is 767 g/mol. The number of anilines is 2. The van der Waals surface area contributed by atoms with E-state index >= 15 is 4.39 Å². The molecule has 1 aliphatic heterocycles. The zero-order chi connectivity index (χ0) is 39.8. The van der Waals surface area contributed by atoms with Crippen LogP contribution in [-0.2, 0) is 33.9 Å². The van der Waals surface area contributed by atoms with Crippen molar-refractivity contribution in [1.29, 1.82) is 5.26 Å². The molecule has 14 nitrogen and oxygen atoms in total. The van der Waals surface area contributed by atoms with E-state index in [1.807, 2.05) is 6.07 Å². The molecule has 3 amide bonds. The van der Waals surface area contributed by atoms with E-state index in [9.17, 15) is 36.8 Å². The number of likely N-dealkylation sites (N-methyl/N-ethyl adjacent to an activating group) is 1. The summed E-state index contributed by atoms with van der Waals surface area (Å²) in [7, 11) is -2.69. The predicted octanol–water partition coefficient (Wildman–Crippen LogP) is 3.46. The molecule has 5 rings (SSSR count). The highest BCUT2D eigenvalue weighted by Gasteiger charge is 2.49. The second kappa shape index (κ2) is 18.3. The lowest BCUT2D eigenvalue weighted by Gasteiger charge is -2.39. The van der Waals surface area contributed by atoms with Crippen LogP contribution in [0.25, 0.3) is 0 Å². The highest BCUT2D eigenvalue weighted by atomic mass is 35.5. The standard InChI is InChI=1S/C36H39ClF3N7O7S/c1-42-10-12-53-14-15-54-13-11-44-55(51,52)27-18-24(38)17-26(19-27)46(35(50)30-6-7-32(48)47(30)31-16-23(22-41)8-9-43-31)33(28-4-2-3-5-29(28)37)34(49)45-25-20-36(39,40)21-25/h2-5,8-9,16-19,25,30,33,42,44H,6-7,10-15,20-21H2,1H3,(H,45,49). The monoisotopic (exact) mass is 805 g/mol. The van der Waals surface area contributed by atoms with Gasteiger partial charge in [-0.25, -0.2) is 31.3 Å². The van der Waals surface area contributed by atoms with E-state index in [4.69, 9.17) is 21.1 Å². The molecule has 2 atom stereocenters. The van der Waals surface area contributed by atoms with Crippen LogP contribution in [0.3, 0.4) is 0 Å². The van der Waals surface area contributed by atoms with Crippen LogP contribution in [0.4, 0.5) is 24.7 Å². The topological polar surface area (TPSA) is 183 Å². The third kappa shape index (κ3) is 10.4. The van der Waals surface area contributed by atoms with E-state index in [0.717, 1.165) is 21.9 Å². The summed E-state index contributed by atoms with van der Waals surface area (Å²) in [5, 5.41) is 14.9. The number of hydrogen-bond donors (Lipinski definition) is 3. The molecule has 2 unspecified atom stereocenters. The molecule has 2 fully saturated rings. The average Bonchev–Trinajstić information content (AvgIpc) is 3.53. The number of halogens is 4. The maximum Gasteiger partial charge on any atom is 0.252 e. The third-order valence-corrected chi connectivity index (χ3v) is 10.6. The first kappa shape index (κ1) is 41.5. The molecule has 3 N–H and O–H groups in total. The largest absolute Gasteiger partial charge is 0.378 e. The summed E-state index contributed by atoms with van der Waals surface area (Å²) in [4.78, 5) is 47.9. The summed E-state index contributed by atoms with van der Waals surface area (Å²) in [6, 6.07) is 8.88. The SMILES string of the molecule is CNCCOCCOCCNS(=O)(=O)c1cc(F)cc(N(C(=O)C2CCC(=O)N2c2cc(C#N)ccn2)C(C(=O)NC2CC(F)(F)C2)c2ccccc2Cl)c1. The summed E-state index contributed by atoms with van der Waals surface area (Å²) in [6.45, 7) is 1.31. The number of ether oxygens (including phenoxy) is 2. The molecule has 1 saturated heterocycles. The Balaban J connectivity index is 1.54. The van der Waals surface area contributed by atoms with Gasteiger partial charge in [0.05, 0.1) is 43.0 Å². The molecule has 2 aromatic carbocycles. The summed E-state index contributed by atoms with van der Waals surface area (Å²) < 4.78 is 83.4. The van der Waals surface area contributed by atoms with Crippen LogP contribution >= 0.6 is 11.6 Å². The van der Waals surface area contributed by atoms with E-state index in [-0.39, 0.29) is 61.2 Å². The number of carbonyl (C=O) groups excluding carboxylic acids is 3. The Morgan fingerprint density at radius 3 is 2.47 bits per heavy atom. The summed E-state index contributed by atoms with van der Waals surface area (Å²) in [6.07, 6.45) is -0.335. The molecule has 1 aliphatic carbocycles. The fraction of sp³-hybridized carbons (Fsp3) is 0.417. The number of carbonyl (C=O) groups is 3. The Labute approximate surface area is 321 Å². The Hall–Kier alpha value is -4.64. The van der Waals surface area contributed by atoms with Gasteiger partial charge in [-0.15, -0.1) is 0 Å². The van der Waals surface area contributed by atoms with Gasteiger partial charge >= 0.3 is 0 Å². The van der Waals surface area contributed by atoms with Crippen LogP contribution in [0.15, 0.2) is 65.7 Å². The summed E-state index contributed by atoms with van der Waals surface area (Å²) >= 11 is 6.58. The van der Waals surface area contributed by atoms with Crippen LogP contribution in [0.2, 0.25) is 5.02 Å². The first-order valence-electron chi connectivity index (χ1n) is 17.3. The van der Waals surface area contributed by atoms with E-state index in [1.165, 1.54) is 36.5 Å². The summed E-state index contributed by atoms with van der Waals surface area (Å²) in [5.41, 5.74) is -0.285. The van der Waals surface area contributed by atoms with Crippen molar-refractivity contribution in [2.45, 2.75) is 54.6 Å². The van der Waals surface area contributed by atoms with E-state index in [1.54, 1.807) is 13.1 Å². The van der Waals surface area contributed by atoms with Crippen molar-refractivity contribution in [2.24, 2.45) is 0 Å². The number of nitriles is 1. The van der Waals surface area contributed by atoms with Gasteiger partial charge in [-0.3, -0.25) is 24.2 Å². The number of nitrogens with one attached hydrogen (secondary N) is 3. The Kier molecular flexibility index (Phi) is 13.8. The Bertz CT molecular complexity index is 2030. The number of alkyl halides is 2. The Morgan fingerprint density at radius 1 is 1.09 bits per heavy atom. The highest BCUT2D eigenvalue weighted by molar-refractivity contribution is 7.89. The van der Waals surface area contributed by atoms with Gasteiger partial charge in [-0.1, -0.05) is 29.8 Å². The van der Waals surface area contributed by atoms with Crippen molar-refractivity contribution in [1.82, 2.24) is 20.3 Å². The second-order valence-corrected chi connectivity index (χ2v) is 15.0. The molecular formula is C36H39ClF3N7O7S. The van der Waals surface area contributed by atoms with Crippen molar-refractivity contribution >= 4 is 50.9 Å². The van der Waals surface area contributed by atoms with Gasteiger partial charge < -0.3 is 20.1 Å². The van der Waals surface area contributed by atoms with Crippen molar-refractivity contribution in [3.05, 3.63) is 82.8 Å². The number of benzene rings is 2. The number of rotatable bonds is 18. The van der Waals surface area contributed by atoms with E-state index < -0.39 is 81.0 Å². The zero-order valence-electron chi connectivity index (χ0n) is 29.6. The molecule has 1 aromatic heterocycles. The highest BCUT2D eigenvalue weighted by Crippen LogP contribution is 2.40. The minimum atomic E-state index is -4.47. The summed E-state index contributed by atoms with van der Waals surface area (Å²) in [5.74, 6) is -6.66. The fourth-order valence-corrected chi connectivity index (χ4v) is 7.50. The molecule has 3 aromatic rings. The molecule has 0 spiro atoms. The average molecular weight is 806 g/mol. The van der Waals surface area contributed by atoms with Crippen molar-refractivity contribution in [2.75, 3.05) is 56.4 Å². The minimum Gasteiger partial charge on any atom is -0.378 e. The van der Waals surface area contributed by atoms with E-state index in [0.29, 0.717) is 19.2 Å². The van der Waals surface area contributed by atoms with Gasteiger partial charge in [0, 0.05) is 60.9 Å². The first-order valence-corrected chi connectivity index (χ1v) is 19.1. The fourth-order valence-electron chi connectivity index (χ4n) is 6.20. The second-order valence-electron chi connectivity index (χ2n) is 12.8. The van der Waals surface area contributed by atoms with Gasteiger partial charge in [-0.05, 0) is 49.9 Å². The number of nitrogens with zero attached hydrogens (tertiary/aromatic N) is 4. The van der Waals surface area contributed by atoms with Crippen molar-refractivity contribution in [3.8, 4) is 6.07 Å². The number of sulfonamides is 1. The van der Waals surface area contributed by atoms with Crippen LogP contribution in [0, 0.1) is 17.1 Å². The van der Waals surface area contributed by atoms with Crippen LogP contribution in [0.5, 0.6) is 0 Å². The molecule has 0 bridgehead atoms. The quantitative estimate of drug-likeness (QED) is 0.161. The van der Waals surface area contributed by atoms with Crippen molar-refractivity contribution in [3.63, 3.8) is 0 Å². The normalized spacial score (nSPS) is 17.3. The van der Waals surface area contributed by atoms with Crippen LogP contribution in [0.1, 0.15) is 42.9 Å². The van der Waals surface area contributed by atoms with Gasteiger partial charge in [0.25, 0.3) is 11.8 Å². The lowest BCUT2D eigenvalue weighted by molar-refractivity contribution is -0.133. The zero-order valence-corrected chi connectivity index (χ0v) is 31.2.